The number of carbonyl (C=O) groups is 10. The molecule has 1 amide bonds. The molecule has 9 rings (SSSR count). The monoisotopic (exact) mass is 1290 g/mol. The molecule has 2 unspecified atom stereocenters. The predicted molar refractivity (Wildman–Crippen MR) is 310 cm³/mol. The third-order valence-electron chi connectivity index (χ3n) is 22.0. The highest BCUT2D eigenvalue weighted by atomic mass is 16.8. The molecular weight excluding hydrogens is 1190 g/mol. The minimum Gasteiger partial charge on any atom is -0.461 e. The first-order valence-corrected chi connectivity index (χ1v) is 31.8. The van der Waals surface area contributed by atoms with Gasteiger partial charge in [-0.05, 0) is 85.4 Å². The van der Waals surface area contributed by atoms with Crippen molar-refractivity contribution in [1.29, 1.82) is 0 Å². The number of fused-ring (bicyclic) bond motifs is 7. The zero-order valence-corrected chi connectivity index (χ0v) is 55.4. The summed E-state index contributed by atoms with van der Waals surface area (Å²) in [6, 6.07) is -1.29. The van der Waals surface area contributed by atoms with E-state index >= 15 is 0 Å². The topological polar surface area (TPSA) is 321 Å². The number of rotatable bonds is 16. The Bertz CT molecular complexity index is 2910. The van der Waals surface area contributed by atoms with E-state index in [0.717, 1.165) is 74.1 Å². The zero-order chi connectivity index (χ0) is 67.0. The van der Waals surface area contributed by atoms with Crippen molar-refractivity contribution in [3.05, 3.63) is 11.6 Å². The molecule has 9 aliphatic rings. The van der Waals surface area contributed by atoms with Gasteiger partial charge in [-0.2, -0.15) is 0 Å². The molecule has 24 atom stereocenters. The first-order valence-electron chi connectivity index (χ1n) is 31.8. The molecule has 4 aliphatic heterocycles. The quantitative estimate of drug-likeness (QED) is 0.0862. The van der Waals surface area contributed by atoms with Crippen LogP contribution in [-0.4, -0.2) is 177 Å². The van der Waals surface area contributed by atoms with Crippen LogP contribution in [0.5, 0.6) is 0 Å². The van der Waals surface area contributed by atoms with Gasteiger partial charge in [-0.1, -0.05) is 60.1 Å². The molecule has 4 saturated carbocycles. The van der Waals surface area contributed by atoms with Gasteiger partial charge in [0.2, 0.25) is 5.91 Å². The average Bonchev–Trinajstić information content (AvgIpc) is 1.64. The molecule has 26 nitrogen and oxygen atoms in total. The van der Waals surface area contributed by atoms with Gasteiger partial charge in [0.25, 0.3) is 0 Å². The number of esters is 9. The first kappa shape index (κ1) is 69.5. The van der Waals surface area contributed by atoms with Crippen molar-refractivity contribution in [1.82, 2.24) is 5.32 Å². The molecular formula is C65H93NO25. The van der Waals surface area contributed by atoms with Crippen LogP contribution in [-0.2, 0) is 119 Å². The van der Waals surface area contributed by atoms with E-state index in [-0.39, 0.29) is 46.1 Å². The Morgan fingerprint density at radius 3 is 1.74 bits per heavy atom. The SMILES string of the molecule is CC(=O)N[C@H]1[C@H](O[C@H]2CC[C@@]3(C)C(CC[C@]4(C)C3CC=C3[C@@H]5CC(C)(C)[C@@H]6C[C@]5(C(=O)O6)[C@H](OC(C)=O)C[C@]34C)C2(C)C)O[C@H](CO[C@@H]2O[C@H](C)[C@H](OC(C)=O)[C@H](OC(C)=O)[C@H]2O[C@@H]2OC[C@@H](OC(C)=O)[C@H](OC(C)=O)[C@H]2OC(C)=O)[C@@H](OC(C)=O)[C@@H]1OC(C)=O. The van der Waals surface area contributed by atoms with Gasteiger partial charge in [0.05, 0.1) is 25.4 Å². The second-order valence-corrected chi connectivity index (χ2v) is 28.7. The summed E-state index contributed by atoms with van der Waals surface area (Å²) in [4.78, 5) is 130. The van der Waals surface area contributed by atoms with Gasteiger partial charge in [-0.3, -0.25) is 47.9 Å². The largest absolute Gasteiger partial charge is 0.461 e. The van der Waals surface area contributed by atoms with Gasteiger partial charge < -0.3 is 76.4 Å². The maximum Gasteiger partial charge on any atom is 0.316 e. The van der Waals surface area contributed by atoms with Gasteiger partial charge in [-0.25, -0.2) is 0 Å². The smallest absolute Gasteiger partial charge is 0.316 e. The van der Waals surface area contributed by atoms with E-state index in [1.165, 1.54) is 26.3 Å². The maximum absolute atomic E-state index is 14.3. The molecule has 1 spiro atoms. The number of nitrogens with one attached hydrogen (secondary N) is 1. The molecule has 4 saturated heterocycles. The lowest BCUT2D eigenvalue weighted by Crippen LogP contribution is -2.69. The summed E-state index contributed by atoms with van der Waals surface area (Å²) < 4.78 is 92.1. The standard InChI is InChI=1S/C65H93NO25/c1-29-49(82-33(5)70)53(86-37(9)74)55(91-58-54(87-38(10)75)51(84-35(7)72)41(27-78-58)80-31(3)68)57(79-29)77-28-42-50(83-34(6)71)52(85-36(8)73)48(66-30(2)67)56(88-42)89-45-21-22-62(15)43(61(45,13)14)20-23-63(16)44(62)19-18-39-40-24-60(11,12)46-26-65(40,59(76)90-46)47(81-32(4)69)25-64(39,63)17/h18,29,40-58H,19-28H2,1-17H3,(H,66,67)/t29-,40+,41-,42-,43?,44?,45+,46+,47-,48-,49+,50-,51+,52-,53+,54-,55-,56+,57-,58+,62+,63-,64-,65-/m1/s1. The van der Waals surface area contributed by atoms with Gasteiger partial charge >= 0.3 is 53.7 Å². The van der Waals surface area contributed by atoms with Crippen LogP contribution in [0.1, 0.15) is 169 Å². The molecule has 0 aromatic carbocycles. The Labute approximate surface area is 530 Å². The van der Waals surface area contributed by atoms with Gasteiger partial charge in [0.1, 0.15) is 29.8 Å². The van der Waals surface area contributed by atoms with Crippen LogP contribution in [0.3, 0.4) is 0 Å². The first-order chi connectivity index (χ1) is 42.4. The minimum absolute atomic E-state index is 0.0440. The van der Waals surface area contributed by atoms with E-state index in [0.29, 0.717) is 25.7 Å². The highest BCUT2D eigenvalue weighted by molar-refractivity contribution is 5.83. The van der Waals surface area contributed by atoms with Crippen LogP contribution in [0.25, 0.3) is 0 Å². The molecule has 508 valence electrons. The molecule has 91 heavy (non-hydrogen) atoms. The van der Waals surface area contributed by atoms with E-state index in [9.17, 15) is 47.9 Å². The lowest BCUT2D eigenvalue weighted by atomic mass is 9.33. The van der Waals surface area contributed by atoms with Crippen molar-refractivity contribution in [3.8, 4) is 0 Å². The maximum atomic E-state index is 14.3. The second kappa shape index (κ2) is 25.8. The normalized spacial score (nSPS) is 42.5. The van der Waals surface area contributed by atoms with E-state index < -0.39 is 181 Å². The van der Waals surface area contributed by atoms with Crippen molar-refractivity contribution in [2.24, 2.45) is 50.2 Å². The van der Waals surface area contributed by atoms with Crippen molar-refractivity contribution in [3.63, 3.8) is 0 Å². The number of hydrogen-bond acceptors (Lipinski definition) is 25. The molecule has 2 bridgehead atoms. The molecule has 8 fully saturated rings. The van der Waals surface area contributed by atoms with Crippen molar-refractivity contribution >= 4 is 59.6 Å². The minimum atomic E-state index is -1.73. The summed E-state index contributed by atoms with van der Waals surface area (Å²) >= 11 is 0. The Morgan fingerprint density at radius 2 is 1.13 bits per heavy atom. The van der Waals surface area contributed by atoms with E-state index in [4.69, 9.17) is 71.1 Å². The summed E-state index contributed by atoms with van der Waals surface area (Å²) in [5.41, 5.74) is -1.63. The fraction of sp³-hybridized carbons (Fsp3) is 0.815. The molecule has 1 N–H and O–H groups in total. The van der Waals surface area contributed by atoms with Crippen molar-refractivity contribution in [2.75, 3.05) is 13.2 Å². The Hall–Kier alpha value is -5.80. The summed E-state index contributed by atoms with van der Waals surface area (Å²) in [5.74, 6) is -7.10. The van der Waals surface area contributed by atoms with Gasteiger partial charge in [0, 0.05) is 80.1 Å². The van der Waals surface area contributed by atoms with E-state index in [2.05, 4.69) is 59.9 Å². The van der Waals surface area contributed by atoms with E-state index in [1.54, 1.807) is 0 Å². The number of allylic oxidation sites excluding steroid dienone is 2. The van der Waals surface area contributed by atoms with Crippen LogP contribution >= 0.6 is 0 Å². The fourth-order valence-corrected chi connectivity index (χ4v) is 18.1. The van der Waals surface area contributed by atoms with Gasteiger partial charge in [0.15, 0.2) is 67.7 Å². The average molecular weight is 1290 g/mol. The highest BCUT2D eigenvalue weighted by Gasteiger charge is 2.76. The number of amides is 1. The van der Waals surface area contributed by atoms with Crippen LogP contribution in [0, 0.1) is 50.2 Å². The lowest BCUT2D eigenvalue weighted by molar-refractivity contribution is -0.362. The van der Waals surface area contributed by atoms with Crippen LogP contribution in [0.2, 0.25) is 0 Å². The second-order valence-electron chi connectivity index (χ2n) is 28.7. The molecule has 0 aromatic rings. The highest BCUT2D eigenvalue weighted by Crippen LogP contribution is 2.77. The van der Waals surface area contributed by atoms with Crippen LogP contribution in [0.4, 0.5) is 0 Å². The van der Waals surface area contributed by atoms with Crippen molar-refractivity contribution in [2.45, 2.75) is 273 Å². The van der Waals surface area contributed by atoms with Crippen LogP contribution in [0.15, 0.2) is 11.6 Å². The number of ether oxygens (including phenoxy) is 15. The molecule has 26 heteroatoms. The molecule has 0 radical (unpaired) electrons. The Balaban J connectivity index is 1.03. The molecule has 4 heterocycles. The van der Waals surface area contributed by atoms with Crippen LogP contribution < -0.4 is 5.32 Å². The third kappa shape index (κ3) is 13.0. The Kier molecular flexibility index (Phi) is 19.7. The lowest BCUT2D eigenvalue weighted by Gasteiger charge is -2.71. The summed E-state index contributed by atoms with van der Waals surface area (Å²) in [5, 5.41) is 2.86. The zero-order valence-electron chi connectivity index (χ0n) is 55.4. The summed E-state index contributed by atoms with van der Waals surface area (Å²) in [6.45, 7) is 26.6. The van der Waals surface area contributed by atoms with E-state index in [1.807, 2.05) is 0 Å². The molecule has 0 aromatic heterocycles. The summed E-state index contributed by atoms with van der Waals surface area (Å²) in [7, 11) is 0. The fourth-order valence-electron chi connectivity index (χ4n) is 18.1. The van der Waals surface area contributed by atoms with Gasteiger partial charge in [-0.15, -0.1) is 0 Å². The Morgan fingerprint density at radius 1 is 0.560 bits per heavy atom. The third-order valence-corrected chi connectivity index (χ3v) is 22.0. The summed E-state index contributed by atoms with van der Waals surface area (Å²) in [6.07, 6.45) is -13.4. The number of hydrogen-bond donors (Lipinski definition) is 1. The number of carbonyl (C=O) groups excluding carboxylic acids is 10. The predicted octanol–water partition coefficient (Wildman–Crippen LogP) is 5.50. The van der Waals surface area contributed by atoms with Crippen molar-refractivity contribution < 1.29 is 119 Å². The molecule has 5 aliphatic carbocycles.